The molecule has 1 aromatic carbocycles. The van der Waals surface area contributed by atoms with Gasteiger partial charge in [0, 0.05) is 24.5 Å². The number of likely N-dealkylation sites (tertiary alicyclic amines) is 1. The number of methoxy groups -OCH3 is 1. The van der Waals surface area contributed by atoms with Gasteiger partial charge in [0.25, 0.3) is 5.91 Å². The molecule has 0 aliphatic carbocycles. The van der Waals surface area contributed by atoms with Gasteiger partial charge in [0.2, 0.25) is 5.91 Å². The van der Waals surface area contributed by atoms with E-state index in [0.29, 0.717) is 29.4 Å². The Balaban J connectivity index is 1.69. The van der Waals surface area contributed by atoms with Gasteiger partial charge in [-0.3, -0.25) is 9.59 Å². The van der Waals surface area contributed by atoms with Crippen LogP contribution in [-0.4, -0.2) is 61.7 Å². The summed E-state index contributed by atoms with van der Waals surface area (Å²) in [6.45, 7) is 5.27. The number of ether oxygens (including phenoxy) is 1. The lowest BCUT2D eigenvalue weighted by atomic mass is 10.2. The van der Waals surface area contributed by atoms with E-state index in [0.717, 1.165) is 19.6 Å². The lowest BCUT2D eigenvalue weighted by Crippen LogP contribution is -3.10. The summed E-state index contributed by atoms with van der Waals surface area (Å²) in [5, 5.41) is 6.45. The summed E-state index contributed by atoms with van der Waals surface area (Å²) in [6.07, 6.45) is 2.43. The van der Waals surface area contributed by atoms with Crippen molar-refractivity contribution in [1.29, 1.82) is 0 Å². The van der Waals surface area contributed by atoms with E-state index >= 15 is 0 Å². The molecular weight excluding hydrogens is 360 g/mol. The number of amides is 2. The average Bonchev–Trinajstić information content (AvgIpc) is 3.36. The van der Waals surface area contributed by atoms with Crippen LogP contribution in [-0.2, 0) is 4.79 Å². The fourth-order valence-corrected chi connectivity index (χ4v) is 3.39. The molecule has 1 aliphatic rings. The first-order valence-corrected chi connectivity index (χ1v) is 9.55. The van der Waals surface area contributed by atoms with E-state index in [2.05, 4.69) is 10.5 Å². The molecule has 150 valence electrons. The predicted octanol–water partition coefficient (Wildman–Crippen LogP) is 0.751. The molecule has 0 radical (unpaired) electrons. The van der Waals surface area contributed by atoms with Crippen LogP contribution in [0.3, 0.4) is 0 Å². The molecule has 8 heteroatoms. The largest absolute Gasteiger partial charge is 0.497 e. The molecule has 1 aliphatic heterocycles. The third-order valence-electron chi connectivity index (χ3n) is 4.88. The van der Waals surface area contributed by atoms with Gasteiger partial charge in [0.1, 0.15) is 18.1 Å². The van der Waals surface area contributed by atoms with Crippen molar-refractivity contribution < 1.29 is 23.7 Å². The van der Waals surface area contributed by atoms with E-state index in [4.69, 9.17) is 9.26 Å². The summed E-state index contributed by atoms with van der Waals surface area (Å²) < 4.78 is 10.2. The van der Waals surface area contributed by atoms with Gasteiger partial charge in [0.05, 0.1) is 33.3 Å². The summed E-state index contributed by atoms with van der Waals surface area (Å²) in [5.41, 5.74) is 0.501. The molecule has 2 heterocycles. The maximum Gasteiger partial charge on any atom is 0.254 e. The highest BCUT2D eigenvalue weighted by molar-refractivity contribution is 5.99. The number of benzene rings is 1. The number of hydrogen-bond donors (Lipinski definition) is 2. The molecule has 0 spiro atoms. The molecular formula is C20H27N4O4+. The maximum atomic E-state index is 13.1. The monoisotopic (exact) mass is 387 g/mol. The molecule has 0 bridgehead atoms. The maximum absolute atomic E-state index is 13.1. The van der Waals surface area contributed by atoms with Gasteiger partial charge in [-0.1, -0.05) is 11.2 Å². The quantitative estimate of drug-likeness (QED) is 0.698. The minimum atomic E-state index is -0.305. The molecule has 3 rings (SSSR count). The number of nitrogens with zero attached hydrogens (tertiary/aromatic N) is 2. The first-order valence-electron chi connectivity index (χ1n) is 9.55. The van der Waals surface area contributed by atoms with Crippen molar-refractivity contribution in [2.75, 3.05) is 45.2 Å². The van der Waals surface area contributed by atoms with Crippen molar-refractivity contribution in [2.24, 2.45) is 0 Å². The zero-order valence-corrected chi connectivity index (χ0v) is 16.4. The van der Waals surface area contributed by atoms with Crippen molar-refractivity contribution >= 4 is 17.6 Å². The van der Waals surface area contributed by atoms with Crippen LogP contribution in [0.5, 0.6) is 5.75 Å². The van der Waals surface area contributed by atoms with Crippen LogP contribution >= 0.6 is 0 Å². The number of carbonyl (C=O) groups excluding carboxylic acids is 2. The Morgan fingerprint density at radius 2 is 2.07 bits per heavy atom. The van der Waals surface area contributed by atoms with E-state index in [1.54, 1.807) is 49.3 Å². The van der Waals surface area contributed by atoms with Gasteiger partial charge in [-0.05, 0) is 25.1 Å². The predicted molar refractivity (Wildman–Crippen MR) is 104 cm³/mol. The molecule has 2 N–H and O–H groups in total. The number of carbonyl (C=O) groups is 2. The Hall–Kier alpha value is -2.87. The van der Waals surface area contributed by atoms with Gasteiger partial charge >= 0.3 is 0 Å². The second kappa shape index (κ2) is 9.36. The van der Waals surface area contributed by atoms with Gasteiger partial charge in [0.15, 0.2) is 5.82 Å². The molecule has 8 nitrogen and oxygen atoms in total. The third-order valence-corrected chi connectivity index (χ3v) is 4.88. The van der Waals surface area contributed by atoms with E-state index in [-0.39, 0.29) is 18.4 Å². The summed E-state index contributed by atoms with van der Waals surface area (Å²) in [4.78, 5) is 28.6. The first-order chi connectivity index (χ1) is 13.5. The summed E-state index contributed by atoms with van der Waals surface area (Å²) in [6, 6.07) is 8.63. The zero-order valence-electron chi connectivity index (χ0n) is 16.4. The SMILES string of the molecule is COc1cccc(C(=O)N(CC[NH+]2CCCC2)CC(=O)Nc2cc(C)on2)c1. The van der Waals surface area contributed by atoms with Crippen LogP contribution < -0.4 is 15.0 Å². The number of rotatable bonds is 8. The van der Waals surface area contributed by atoms with Crippen LogP contribution in [0.15, 0.2) is 34.9 Å². The highest BCUT2D eigenvalue weighted by Gasteiger charge is 2.23. The second-order valence-electron chi connectivity index (χ2n) is 7.04. The molecule has 28 heavy (non-hydrogen) atoms. The fraction of sp³-hybridized carbons (Fsp3) is 0.450. The Morgan fingerprint density at radius 1 is 1.29 bits per heavy atom. The van der Waals surface area contributed by atoms with Crippen molar-refractivity contribution in [2.45, 2.75) is 19.8 Å². The van der Waals surface area contributed by atoms with Gasteiger partial charge in [-0.15, -0.1) is 0 Å². The Morgan fingerprint density at radius 3 is 2.75 bits per heavy atom. The van der Waals surface area contributed by atoms with Gasteiger partial charge in [-0.2, -0.15) is 0 Å². The standard InChI is InChI=1S/C20H26N4O4/c1-15-12-18(22-28-15)21-19(25)14-24(11-10-23-8-3-4-9-23)20(26)16-6-5-7-17(13-16)27-2/h5-7,12-13H,3-4,8-11,14H2,1-2H3,(H,21,22,25)/p+1. The van der Waals surface area contributed by atoms with Gasteiger partial charge < -0.3 is 24.4 Å². The molecule has 0 unspecified atom stereocenters. The van der Waals surface area contributed by atoms with E-state index in [9.17, 15) is 9.59 Å². The van der Waals surface area contributed by atoms with Crippen molar-refractivity contribution in [1.82, 2.24) is 10.1 Å². The van der Waals surface area contributed by atoms with E-state index in [1.165, 1.54) is 17.7 Å². The van der Waals surface area contributed by atoms with Crippen molar-refractivity contribution in [3.63, 3.8) is 0 Å². The smallest absolute Gasteiger partial charge is 0.254 e. The topological polar surface area (TPSA) is 89.1 Å². The third kappa shape index (κ3) is 5.32. The summed E-state index contributed by atoms with van der Waals surface area (Å²) in [5.74, 6) is 1.07. The van der Waals surface area contributed by atoms with Crippen LogP contribution in [0, 0.1) is 6.92 Å². The highest BCUT2D eigenvalue weighted by Crippen LogP contribution is 2.15. The minimum Gasteiger partial charge on any atom is -0.497 e. The number of anilines is 1. The van der Waals surface area contributed by atoms with Crippen LogP contribution in [0.4, 0.5) is 5.82 Å². The van der Waals surface area contributed by atoms with E-state index in [1.807, 2.05) is 0 Å². The second-order valence-corrected chi connectivity index (χ2v) is 7.04. The van der Waals surface area contributed by atoms with Crippen LogP contribution in [0.2, 0.25) is 0 Å². The Bertz CT molecular complexity index is 814. The minimum absolute atomic E-state index is 0.0464. The summed E-state index contributed by atoms with van der Waals surface area (Å²) >= 11 is 0. The Labute approximate surface area is 164 Å². The molecule has 1 saturated heterocycles. The lowest BCUT2D eigenvalue weighted by molar-refractivity contribution is -0.886. The molecule has 2 amide bonds. The average molecular weight is 387 g/mol. The number of hydrogen-bond acceptors (Lipinski definition) is 5. The number of aromatic nitrogens is 1. The molecule has 1 aromatic heterocycles. The normalized spacial score (nSPS) is 14.1. The number of aryl methyl sites for hydroxylation is 1. The fourth-order valence-electron chi connectivity index (χ4n) is 3.39. The summed E-state index contributed by atoms with van der Waals surface area (Å²) in [7, 11) is 1.56. The van der Waals surface area contributed by atoms with Gasteiger partial charge in [-0.25, -0.2) is 0 Å². The van der Waals surface area contributed by atoms with Crippen molar-refractivity contribution in [3.05, 3.63) is 41.7 Å². The van der Waals surface area contributed by atoms with Crippen molar-refractivity contribution in [3.8, 4) is 5.75 Å². The first kappa shape index (κ1) is 19.9. The molecule has 0 saturated carbocycles. The highest BCUT2D eigenvalue weighted by atomic mass is 16.5. The number of nitrogens with one attached hydrogen (secondary N) is 2. The molecule has 0 atom stereocenters. The molecule has 1 fully saturated rings. The lowest BCUT2D eigenvalue weighted by Gasteiger charge is -2.23. The zero-order chi connectivity index (χ0) is 19.9. The van der Waals surface area contributed by atoms with Crippen LogP contribution in [0.25, 0.3) is 0 Å². The molecule has 2 aromatic rings. The van der Waals surface area contributed by atoms with Crippen LogP contribution in [0.1, 0.15) is 29.0 Å². The number of quaternary nitrogens is 1. The van der Waals surface area contributed by atoms with E-state index < -0.39 is 0 Å². The Kier molecular flexibility index (Phi) is 6.65.